The third-order valence-electron chi connectivity index (χ3n) is 3.31. The molecule has 0 aliphatic heterocycles. The maximum Gasteiger partial charge on any atom is 0.251 e. The molecule has 2 aromatic carbocycles. The monoisotopic (exact) mass is 284 g/mol. The van der Waals surface area contributed by atoms with Crippen LogP contribution in [0.15, 0.2) is 48.5 Å². The smallest absolute Gasteiger partial charge is 0.251 e. The Kier molecular flexibility index (Phi) is 5.35. The first-order valence-corrected chi connectivity index (χ1v) is 6.94. The molecule has 3 N–H and O–H groups in total. The summed E-state index contributed by atoms with van der Waals surface area (Å²) in [6.07, 6.45) is 0.693. The van der Waals surface area contributed by atoms with Gasteiger partial charge in [0.2, 0.25) is 0 Å². The lowest BCUT2D eigenvalue weighted by Crippen LogP contribution is -2.24. The molecule has 21 heavy (non-hydrogen) atoms. The van der Waals surface area contributed by atoms with E-state index in [4.69, 9.17) is 10.5 Å². The van der Waals surface area contributed by atoms with Crippen LogP contribution in [0.2, 0.25) is 0 Å². The van der Waals surface area contributed by atoms with Crippen LogP contribution in [-0.4, -0.2) is 19.6 Å². The molecule has 0 saturated carbocycles. The second kappa shape index (κ2) is 7.45. The molecule has 4 nitrogen and oxygen atoms in total. The van der Waals surface area contributed by atoms with Gasteiger partial charge in [-0.15, -0.1) is 0 Å². The molecule has 0 unspecified atom stereocenters. The molecule has 0 spiro atoms. The molecule has 0 aliphatic carbocycles. The predicted molar refractivity (Wildman–Crippen MR) is 83.4 cm³/mol. The number of benzene rings is 2. The third-order valence-corrected chi connectivity index (χ3v) is 3.31. The first-order chi connectivity index (χ1) is 10.3. The highest BCUT2D eigenvalue weighted by Gasteiger charge is 2.11. The van der Waals surface area contributed by atoms with Gasteiger partial charge in [-0.3, -0.25) is 4.79 Å². The summed E-state index contributed by atoms with van der Waals surface area (Å²) in [5.41, 5.74) is 8.18. The van der Waals surface area contributed by atoms with Crippen molar-refractivity contribution in [1.29, 1.82) is 0 Å². The Bertz CT molecular complexity index is 611. The lowest BCUT2D eigenvalue weighted by Gasteiger charge is -2.11. The SMILES string of the molecule is COc1ccccc1CNC(=O)c1ccccc1CCN. The van der Waals surface area contributed by atoms with Crippen LogP contribution in [0.3, 0.4) is 0 Å². The van der Waals surface area contributed by atoms with Crippen LogP contribution in [0.4, 0.5) is 0 Å². The molecule has 2 rings (SSSR count). The number of hydrogen-bond acceptors (Lipinski definition) is 3. The van der Waals surface area contributed by atoms with Crippen molar-refractivity contribution in [3.8, 4) is 5.75 Å². The first-order valence-electron chi connectivity index (χ1n) is 6.94. The highest BCUT2D eigenvalue weighted by Crippen LogP contribution is 2.17. The quantitative estimate of drug-likeness (QED) is 0.854. The van der Waals surface area contributed by atoms with E-state index in [9.17, 15) is 4.79 Å². The van der Waals surface area contributed by atoms with E-state index in [0.29, 0.717) is 25.1 Å². The fourth-order valence-electron chi connectivity index (χ4n) is 2.24. The molecule has 4 heteroatoms. The van der Waals surface area contributed by atoms with E-state index in [-0.39, 0.29) is 5.91 Å². The molecule has 0 atom stereocenters. The van der Waals surface area contributed by atoms with Crippen LogP contribution in [0.5, 0.6) is 5.75 Å². The maximum absolute atomic E-state index is 12.3. The fourth-order valence-corrected chi connectivity index (χ4v) is 2.24. The summed E-state index contributed by atoms with van der Waals surface area (Å²) in [7, 11) is 1.62. The number of ether oxygens (including phenoxy) is 1. The average molecular weight is 284 g/mol. The molecule has 1 amide bonds. The summed E-state index contributed by atoms with van der Waals surface area (Å²) in [5, 5.41) is 2.93. The van der Waals surface area contributed by atoms with Crippen LogP contribution >= 0.6 is 0 Å². The van der Waals surface area contributed by atoms with Crippen molar-refractivity contribution in [3.05, 3.63) is 65.2 Å². The molecule has 0 heterocycles. The zero-order valence-electron chi connectivity index (χ0n) is 12.1. The van der Waals surface area contributed by atoms with Gasteiger partial charge in [-0.2, -0.15) is 0 Å². The zero-order chi connectivity index (χ0) is 15.1. The van der Waals surface area contributed by atoms with Gasteiger partial charge in [-0.25, -0.2) is 0 Å². The van der Waals surface area contributed by atoms with Crippen molar-refractivity contribution in [2.75, 3.05) is 13.7 Å². The highest BCUT2D eigenvalue weighted by molar-refractivity contribution is 5.95. The number of carbonyl (C=O) groups excluding carboxylic acids is 1. The van der Waals surface area contributed by atoms with E-state index in [1.807, 2.05) is 48.5 Å². The van der Waals surface area contributed by atoms with Gasteiger partial charge in [0.15, 0.2) is 0 Å². The topological polar surface area (TPSA) is 64.3 Å². The Morgan fingerprint density at radius 2 is 1.76 bits per heavy atom. The number of methoxy groups -OCH3 is 1. The van der Waals surface area contributed by atoms with Crippen molar-refractivity contribution in [1.82, 2.24) is 5.32 Å². The first kappa shape index (κ1) is 15.1. The van der Waals surface area contributed by atoms with Crippen molar-refractivity contribution in [3.63, 3.8) is 0 Å². The largest absolute Gasteiger partial charge is 0.496 e. The van der Waals surface area contributed by atoms with Gasteiger partial charge < -0.3 is 15.8 Å². The van der Waals surface area contributed by atoms with Gasteiger partial charge in [-0.05, 0) is 30.7 Å². The van der Waals surface area contributed by atoms with Crippen LogP contribution < -0.4 is 15.8 Å². The lowest BCUT2D eigenvalue weighted by atomic mass is 10.0. The van der Waals surface area contributed by atoms with Crippen molar-refractivity contribution in [2.24, 2.45) is 5.73 Å². The number of carbonyl (C=O) groups is 1. The average Bonchev–Trinajstić information content (AvgIpc) is 2.53. The molecular formula is C17H20N2O2. The van der Waals surface area contributed by atoms with E-state index in [2.05, 4.69) is 5.32 Å². The second-order valence-corrected chi connectivity index (χ2v) is 4.69. The van der Waals surface area contributed by atoms with E-state index in [1.165, 1.54) is 0 Å². The van der Waals surface area contributed by atoms with Crippen LogP contribution in [0.25, 0.3) is 0 Å². The summed E-state index contributed by atoms with van der Waals surface area (Å²) in [6.45, 7) is 0.955. The summed E-state index contributed by atoms with van der Waals surface area (Å²) in [4.78, 5) is 12.3. The number of hydrogen-bond donors (Lipinski definition) is 2. The highest BCUT2D eigenvalue weighted by atomic mass is 16.5. The molecule has 0 aliphatic rings. The normalized spacial score (nSPS) is 10.2. The maximum atomic E-state index is 12.3. The van der Waals surface area contributed by atoms with Crippen molar-refractivity contribution >= 4 is 5.91 Å². The summed E-state index contributed by atoms with van der Waals surface area (Å²) >= 11 is 0. The minimum atomic E-state index is -0.0926. The number of amides is 1. The van der Waals surface area contributed by atoms with Crippen molar-refractivity contribution in [2.45, 2.75) is 13.0 Å². The van der Waals surface area contributed by atoms with Gasteiger partial charge in [0.1, 0.15) is 5.75 Å². The minimum Gasteiger partial charge on any atom is -0.496 e. The molecule has 2 aromatic rings. The minimum absolute atomic E-state index is 0.0926. The van der Waals surface area contributed by atoms with Gasteiger partial charge in [-0.1, -0.05) is 36.4 Å². The Morgan fingerprint density at radius 1 is 1.10 bits per heavy atom. The number of nitrogens with one attached hydrogen (secondary N) is 1. The molecule has 0 aromatic heterocycles. The van der Waals surface area contributed by atoms with Crippen LogP contribution in [-0.2, 0) is 13.0 Å². The van der Waals surface area contributed by atoms with Crippen LogP contribution in [0.1, 0.15) is 21.5 Å². The standard InChI is InChI=1S/C17H20N2O2/c1-21-16-9-5-3-7-14(16)12-19-17(20)15-8-4-2-6-13(15)10-11-18/h2-9H,10-12,18H2,1H3,(H,19,20). The summed E-state index contributed by atoms with van der Waals surface area (Å²) in [5.74, 6) is 0.679. The number of para-hydroxylation sites is 1. The van der Waals surface area contributed by atoms with E-state index < -0.39 is 0 Å². The number of rotatable bonds is 6. The van der Waals surface area contributed by atoms with Crippen molar-refractivity contribution < 1.29 is 9.53 Å². The van der Waals surface area contributed by atoms with Crippen LogP contribution in [0, 0.1) is 0 Å². The molecule has 0 fully saturated rings. The summed E-state index contributed by atoms with van der Waals surface area (Å²) in [6, 6.07) is 15.2. The van der Waals surface area contributed by atoms with Gasteiger partial charge >= 0.3 is 0 Å². The fraction of sp³-hybridized carbons (Fsp3) is 0.235. The van der Waals surface area contributed by atoms with E-state index in [0.717, 1.165) is 16.9 Å². The molecule has 0 saturated heterocycles. The molecular weight excluding hydrogens is 264 g/mol. The second-order valence-electron chi connectivity index (χ2n) is 4.69. The predicted octanol–water partition coefficient (Wildman–Crippen LogP) is 2.13. The molecule has 110 valence electrons. The Labute approximate surface area is 124 Å². The number of nitrogens with two attached hydrogens (primary N) is 1. The van der Waals surface area contributed by atoms with Gasteiger partial charge in [0.05, 0.1) is 7.11 Å². The van der Waals surface area contributed by atoms with Gasteiger partial charge in [0, 0.05) is 17.7 Å². The lowest BCUT2D eigenvalue weighted by molar-refractivity contribution is 0.0950. The third kappa shape index (κ3) is 3.83. The Hall–Kier alpha value is -2.33. The van der Waals surface area contributed by atoms with E-state index >= 15 is 0 Å². The molecule has 0 bridgehead atoms. The molecule has 0 radical (unpaired) electrons. The van der Waals surface area contributed by atoms with E-state index in [1.54, 1.807) is 7.11 Å². The van der Waals surface area contributed by atoms with Gasteiger partial charge in [0.25, 0.3) is 5.91 Å². The summed E-state index contributed by atoms with van der Waals surface area (Å²) < 4.78 is 5.28. The zero-order valence-corrected chi connectivity index (χ0v) is 12.1. The Morgan fingerprint density at radius 3 is 2.48 bits per heavy atom. The Balaban J connectivity index is 2.08.